The van der Waals surface area contributed by atoms with Crippen molar-refractivity contribution < 1.29 is 14.3 Å². The Bertz CT molecular complexity index is 927. The quantitative estimate of drug-likeness (QED) is 0.769. The maximum Gasteiger partial charge on any atom is 0.321 e. The minimum atomic E-state index is -0.0179. The predicted molar refractivity (Wildman–Crippen MR) is 128 cm³/mol. The third kappa shape index (κ3) is 4.93. The molecule has 7 nitrogen and oxygen atoms in total. The number of piperidine rings is 1. The molecule has 2 aliphatic rings. The summed E-state index contributed by atoms with van der Waals surface area (Å²) in [6, 6.07) is 14.3. The lowest BCUT2D eigenvalue weighted by molar-refractivity contribution is 0.108. The highest BCUT2D eigenvalue weighted by molar-refractivity contribution is 5.90. The van der Waals surface area contributed by atoms with Gasteiger partial charge in [-0.1, -0.05) is 12.1 Å². The number of methoxy groups -OCH3 is 2. The van der Waals surface area contributed by atoms with Crippen LogP contribution in [0.25, 0.3) is 0 Å². The zero-order valence-electron chi connectivity index (χ0n) is 19.3. The number of nitrogens with zero attached hydrogens (tertiary/aromatic N) is 3. The molecule has 1 N–H and O–H groups in total. The van der Waals surface area contributed by atoms with E-state index in [-0.39, 0.29) is 6.03 Å². The molecule has 2 heterocycles. The second-order valence-corrected chi connectivity index (χ2v) is 8.55. The number of likely N-dealkylation sites (tertiary alicyclic amines) is 1. The number of anilines is 2. The fraction of sp³-hybridized carbons (Fsp3) is 0.480. The smallest absolute Gasteiger partial charge is 0.321 e. The van der Waals surface area contributed by atoms with Crippen LogP contribution in [0.15, 0.2) is 42.5 Å². The van der Waals surface area contributed by atoms with Crippen molar-refractivity contribution in [3.05, 3.63) is 48.0 Å². The van der Waals surface area contributed by atoms with E-state index in [2.05, 4.69) is 27.2 Å². The van der Waals surface area contributed by atoms with E-state index in [1.807, 2.05) is 42.2 Å². The molecule has 0 aromatic heterocycles. The van der Waals surface area contributed by atoms with Crippen molar-refractivity contribution in [1.29, 1.82) is 0 Å². The van der Waals surface area contributed by atoms with Gasteiger partial charge in [-0.05, 0) is 55.7 Å². The van der Waals surface area contributed by atoms with E-state index in [0.717, 1.165) is 80.5 Å². The molecule has 32 heavy (non-hydrogen) atoms. The maximum atomic E-state index is 13.0. The molecule has 7 heteroatoms. The number of aryl methyl sites for hydroxylation is 1. The lowest BCUT2D eigenvalue weighted by Gasteiger charge is -2.44. The molecule has 0 aliphatic carbocycles. The van der Waals surface area contributed by atoms with Crippen LogP contribution in [0.4, 0.5) is 16.2 Å². The van der Waals surface area contributed by atoms with Crippen molar-refractivity contribution in [1.82, 2.24) is 9.80 Å². The average molecular weight is 439 g/mol. The summed E-state index contributed by atoms with van der Waals surface area (Å²) in [4.78, 5) is 19.9. The van der Waals surface area contributed by atoms with E-state index < -0.39 is 0 Å². The summed E-state index contributed by atoms with van der Waals surface area (Å²) in [6.07, 6.45) is 2.17. The summed E-state index contributed by atoms with van der Waals surface area (Å²) < 4.78 is 10.8. The molecule has 2 aromatic carbocycles. The second kappa shape index (κ2) is 10.1. The van der Waals surface area contributed by atoms with Gasteiger partial charge in [-0.25, -0.2) is 4.79 Å². The molecule has 2 saturated heterocycles. The Morgan fingerprint density at radius 3 is 2.50 bits per heavy atom. The first-order chi connectivity index (χ1) is 15.6. The number of hydrogen-bond acceptors (Lipinski definition) is 5. The van der Waals surface area contributed by atoms with Crippen molar-refractivity contribution in [2.45, 2.75) is 25.8 Å². The largest absolute Gasteiger partial charge is 0.497 e. The van der Waals surface area contributed by atoms with Gasteiger partial charge in [-0.15, -0.1) is 0 Å². The number of carbonyl (C=O) groups is 1. The van der Waals surface area contributed by atoms with Crippen molar-refractivity contribution in [3.8, 4) is 11.5 Å². The lowest BCUT2D eigenvalue weighted by atomic mass is 10.0. The van der Waals surface area contributed by atoms with Crippen LogP contribution in [-0.2, 0) is 0 Å². The van der Waals surface area contributed by atoms with Crippen LogP contribution in [0.1, 0.15) is 18.4 Å². The summed E-state index contributed by atoms with van der Waals surface area (Å²) in [5.74, 6) is 1.72. The first-order valence-corrected chi connectivity index (χ1v) is 11.4. The minimum absolute atomic E-state index is 0.0179. The second-order valence-electron chi connectivity index (χ2n) is 8.55. The fourth-order valence-corrected chi connectivity index (χ4v) is 4.75. The Hall–Kier alpha value is -2.93. The first-order valence-electron chi connectivity index (χ1n) is 11.4. The summed E-state index contributed by atoms with van der Waals surface area (Å²) in [5, 5.41) is 3.09. The zero-order valence-corrected chi connectivity index (χ0v) is 19.3. The van der Waals surface area contributed by atoms with Crippen molar-refractivity contribution in [2.24, 2.45) is 0 Å². The minimum Gasteiger partial charge on any atom is -0.497 e. The molecule has 172 valence electrons. The predicted octanol–water partition coefficient (Wildman–Crippen LogP) is 3.83. The van der Waals surface area contributed by atoms with Gasteiger partial charge in [0.05, 0.1) is 19.9 Å². The molecular weight excluding hydrogens is 404 g/mol. The highest BCUT2D eigenvalue weighted by atomic mass is 16.5. The number of piperazine rings is 1. The van der Waals surface area contributed by atoms with Crippen molar-refractivity contribution in [2.75, 3.05) is 63.7 Å². The Morgan fingerprint density at radius 2 is 1.78 bits per heavy atom. The van der Waals surface area contributed by atoms with E-state index in [0.29, 0.717) is 6.04 Å². The Morgan fingerprint density at radius 1 is 1.00 bits per heavy atom. The SMILES string of the molecule is COc1ccc(NC(=O)N2CCC[C@@H](N3CCN(c4ccccc4OC)CC3)C2)c(C)c1. The molecule has 2 amide bonds. The van der Waals surface area contributed by atoms with E-state index >= 15 is 0 Å². The Labute approximate surface area is 190 Å². The first kappa shape index (κ1) is 22.3. The fourth-order valence-electron chi connectivity index (χ4n) is 4.75. The molecule has 2 aromatic rings. The van der Waals surface area contributed by atoms with Gasteiger partial charge in [-0.3, -0.25) is 4.90 Å². The van der Waals surface area contributed by atoms with Crippen LogP contribution < -0.4 is 19.7 Å². The van der Waals surface area contributed by atoms with E-state index in [1.54, 1.807) is 14.2 Å². The van der Waals surface area contributed by atoms with Crippen LogP contribution in [0.5, 0.6) is 11.5 Å². The number of benzene rings is 2. The molecular formula is C25H34N4O3. The monoisotopic (exact) mass is 438 g/mol. The highest BCUT2D eigenvalue weighted by Gasteiger charge is 2.30. The third-order valence-corrected chi connectivity index (χ3v) is 6.62. The summed E-state index contributed by atoms with van der Waals surface area (Å²) in [7, 11) is 3.38. The molecule has 0 saturated carbocycles. The number of para-hydroxylation sites is 2. The third-order valence-electron chi connectivity index (χ3n) is 6.62. The number of amides is 2. The summed E-state index contributed by atoms with van der Waals surface area (Å²) >= 11 is 0. The van der Waals surface area contributed by atoms with Gasteiger partial charge in [0, 0.05) is 51.0 Å². The van der Waals surface area contributed by atoms with E-state index in [4.69, 9.17) is 9.47 Å². The topological polar surface area (TPSA) is 57.3 Å². The van der Waals surface area contributed by atoms with Gasteiger partial charge >= 0.3 is 6.03 Å². The summed E-state index contributed by atoms with van der Waals surface area (Å²) in [5.41, 5.74) is 3.00. The standard InChI is InChI=1S/C25H34N4O3/c1-19-17-21(31-2)10-11-22(19)26-25(30)29-12-6-7-20(18-29)27-13-15-28(16-14-27)23-8-4-5-9-24(23)32-3/h4-5,8-11,17,20H,6-7,12-16,18H2,1-3H3,(H,26,30)/t20-/m1/s1. The van der Waals surface area contributed by atoms with Gasteiger partial charge in [0.1, 0.15) is 11.5 Å². The number of nitrogens with one attached hydrogen (secondary N) is 1. The lowest BCUT2D eigenvalue weighted by Crippen LogP contribution is -2.56. The number of urea groups is 1. The van der Waals surface area contributed by atoms with Gasteiger partial charge in [0.25, 0.3) is 0 Å². The number of ether oxygens (including phenoxy) is 2. The van der Waals surface area contributed by atoms with Crippen molar-refractivity contribution in [3.63, 3.8) is 0 Å². The normalized spacial score (nSPS) is 19.5. The Kier molecular flexibility index (Phi) is 7.05. The average Bonchev–Trinajstić information content (AvgIpc) is 2.85. The van der Waals surface area contributed by atoms with Gasteiger partial charge in [0.2, 0.25) is 0 Å². The molecule has 2 aliphatic heterocycles. The molecule has 4 rings (SSSR count). The van der Waals surface area contributed by atoms with Crippen LogP contribution in [0, 0.1) is 6.92 Å². The van der Waals surface area contributed by atoms with Gasteiger partial charge in [-0.2, -0.15) is 0 Å². The van der Waals surface area contributed by atoms with E-state index in [1.165, 1.54) is 0 Å². The molecule has 2 fully saturated rings. The Balaban J connectivity index is 1.33. The van der Waals surface area contributed by atoms with Crippen LogP contribution in [0.2, 0.25) is 0 Å². The molecule has 0 unspecified atom stereocenters. The maximum absolute atomic E-state index is 13.0. The highest BCUT2D eigenvalue weighted by Crippen LogP contribution is 2.29. The van der Waals surface area contributed by atoms with Crippen LogP contribution in [0.3, 0.4) is 0 Å². The van der Waals surface area contributed by atoms with E-state index in [9.17, 15) is 4.79 Å². The molecule has 0 bridgehead atoms. The summed E-state index contributed by atoms with van der Waals surface area (Å²) in [6.45, 7) is 7.49. The number of carbonyl (C=O) groups excluding carboxylic acids is 1. The van der Waals surface area contributed by atoms with Crippen molar-refractivity contribution >= 4 is 17.4 Å². The molecule has 0 spiro atoms. The zero-order chi connectivity index (χ0) is 22.5. The van der Waals surface area contributed by atoms with Gasteiger partial charge in [0.15, 0.2) is 0 Å². The van der Waals surface area contributed by atoms with Crippen LogP contribution in [-0.4, -0.2) is 75.4 Å². The number of rotatable bonds is 5. The molecule has 0 radical (unpaired) electrons. The number of hydrogen-bond donors (Lipinski definition) is 1. The van der Waals surface area contributed by atoms with Crippen LogP contribution >= 0.6 is 0 Å². The van der Waals surface area contributed by atoms with Gasteiger partial charge < -0.3 is 24.6 Å². The molecule has 1 atom stereocenters.